The molecule has 1 aromatic rings. The number of hydrogen-bond donors (Lipinski definition) is 1. The Labute approximate surface area is 99.0 Å². The fourth-order valence-corrected chi connectivity index (χ4v) is 3.27. The van der Waals surface area contributed by atoms with Crippen LogP contribution in [0.4, 0.5) is 0 Å². The lowest BCUT2D eigenvalue weighted by atomic mass is 9.63. The zero-order valence-corrected chi connectivity index (χ0v) is 10.5. The van der Waals surface area contributed by atoms with Crippen LogP contribution in [-0.2, 0) is 11.8 Å². The average Bonchev–Trinajstić information content (AvgIpc) is 2.37. The molecule has 0 heterocycles. The molecule has 0 saturated carbocycles. The molecule has 1 aliphatic carbocycles. The highest BCUT2D eigenvalue weighted by Crippen LogP contribution is 2.43. The second-order valence-corrected chi connectivity index (χ2v) is 5.18. The number of aryl methyl sites for hydroxylation is 1. The third kappa shape index (κ3) is 1.67. The Morgan fingerprint density at radius 3 is 2.81 bits per heavy atom. The summed E-state index contributed by atoms with van der Waals surface area (Å²) < 4.78 is 0. The second kappa shape index (κ2) is 4.58. The third-order valence-electron chi connectivity index (χ3n) is 4.54. The smallest absolute Gasteiger partial charge is 0.0104 e. The van der Waals surface area contributed by atoms with Crippen LogP contribution >= 0.6 is 0 Å². The van der Waals surface area contributed by atoms with Crippen molar-refractivity contribution in [3.05, 3.63) is 35.4 Å². The normalized spacial score (nSPS) is 26.2. The summed E-state index contributed by atoms with van der Waals surface area (Å²) in [5.41, 5.74) is 9.42. The van der Waals surface area contributed by atoms with E-state index in [1.807, 2.05) is 0 Å². The van der Waals surface area contributed by atoms with Gasteiger partial charge in [0.15, 0.2) is 0 Å². The van der Waals surface area contributed by atoms with Crippen LogP contribution in [0.5, 0.6) is 0 Å². The molecule has 1 aromatic carbocycles. The van der Waals surface area contributed by atoms with Crippen LogP contribution in [0.1, 0.15) is 44.2 Å². The predicted molar refractivity (Wildman–Crippen MR) is 69.6 cm³/mol. The zero-order chi connectivity index (χ0) is 11.6. The van der Waals surface area contributed by atoms with Crippen LogP contribution in [0.25, 0.3) is 0 Å². The van der Waals surface area contributed by atoms with Crippen LogP contribution in [0.3, 0.4) is 0 Å². The van der Waals surface area contributed by atoms with Gasteiger partial charge in [0.05, 0.1) is 0 Å². The van der Waals surface area contributed by atoms with Crippen molar-refractivity contribution < 1.29 is 0 Å². The molecule has 0 radical (unpaired) electrons. The molecule has 0 amide bonds. The molecule has 0 fully saturated rings. The van der Waals surface area contributed by atoms with Gasteiger partial charge in [-0.25, -0.2) is 0 Å². The number of rotatable bonds is 3. The van der Waals surface area contributed by atoms with Gasteiger partial charge in [0.2, 0.25) is 0 Å². The van der Waals surface area contributed by atoms with Gasteiger partial charge in [0, 0.05) is 12.0 Å². The molecule has 0 spiro atoms. The standard InChI is InChI=1S/C15H23N/c1-3-12(2)15(11-16)10-6-8-13-7-4-5-9-14(13)15/h4-5,7,9,12H,3,6,8,10-11,16H2,1-2H3. The van der Waals surface area contributed by atoms with Gasteiger partial charge in [-0.15, -0.1) is 0 Å². The number of fused-ring (bicyclic) bond motifs is 1. The van der Waals surface area contributed by atoms with E-state index in [9.17, 15) is 0 Å². The molecule has 16 heavy (non-hydrogen) atoms. The predicted octanol–water partition coefficient (Wildman–Crippen LogP) is 3.27. The van der Waals surface area contributed by atoms with Crippen molar-refractivity contribution in [1.29, 1.82) is 0 Å². The Morgan fingerprint density at radius 2 is 2.12 bits per heavy atom. The van der Waals surface area contributed by atoms with Crippen LogP contribution in [0, 0.1) is 5.92 Å². The minimum Gasteiger partial charge on any atom is -0.330 e. The maximum absolute atomic E-state index is 6.13. The number of benzene rings is 1. The Bertz CT molecular complexity index is 358. The first kappa shape index (κ1) is 11.7. The van der Waals surface area contributed by atoms with Crippen molar-refractivity contribution in [2.24, 2.45) is 11.7 Å². The van der Waals surface area contributed by atoms with E-state index in [0.717, 1.165) is 6.54 Å². The van der Waals surface area contributed by atoms with Crippen LogP contribution in [-0.4, -0.2) is 6.54 Å². The van der Waals surface area contributed by atoms with Gasteiger partial charge in [0.25, 0.3) is 0 Å². The van der Waals surface area contributed by atoms with Crippen molar-refractivity contribution in [2.75, 3.05) is 6.54 Å². The molecule has 1 heteroatoms. The monoisotopic (exact) mass is 217 g/mol. The topological polar surface area (TPSA) is 26.0 Å². The molecule has 1 nitrogen and oxygen atoms in total. The van der Waals surface area contributed by atoms with Crippen molar-refractivity contribution in [2.45, 2.75) is 44.9 Å². The van der Waals surface area contributed by atoms with Gasteiger partial charge < -0.3 is 5.73 Å². The lowest BCUT2D eigenvalue weighted by Gasteiger charge is -2.43. The van der Waals surface area contributed by atoms with Gasteiger partial charge in [0.1, 0.15) is 0 Å². The highest BCUT2D eigenvalue weighted by molar-refractivity contribution is 5.37. The van der Waals surface area contributed by atoms with Crippen LogP contribution < -0.4 is 5.73 Å². The van der Waals surface area contributed by atoms with E-state index in [2.05, 4.69) is 38.1 Å². The molecule has 0 bridgehead atoms. The van der Waals surface area contributed by atoms with Crippen LogP contribution in [0.2, 0.25) is 0 Å². The lowest BCUT2D eigenvalue weighted by Crippen LogP contribution is -2.43. The summed E-state index contributed by atoms with van der Waals surface area (Å²) in [4.78, 5) is 0. The molecular weight excluding hydrogens is 194 g/mol. The summed E-state index contributed by atoms with van der Waals surface area (Å²) in [6.07, 6.45) is 4.99. The second-order valence-electron chi connectivity index (χ2n) is 5.18. The lowest BCUT2D eigenvalue weighted by molar-refractivity contribution is 0.247. The maximum Gasteiger partial charge on any atom is 0.0104 e. The molecule has 88 valence electrons. The summed E-state index contributed by atoms with van der Waals surface area (Å²) in [6.45, 7) is 5.42. The molecule has 0 aliphatic heterocycles. The van der Waals surface area contributed by atoms with E-state index in [-0.39, 0.29) is 5.41 Å². The fraction of sp³-hybridized carbons (Fsp3) is 0.600. The van der Waals surface area contributed by atoms with Gasteiger partial charge in [-0.05, 0) is 36.3 Å². The largest absolute Gasteiger partial charge is 0.330 e. The van der Waals surface area contributed by atoms with E-state index in [4.69, 9.17) is 5.73 Å². The van der Waals surface area contributed by atoms with E-state index in [1.165, 1.54) is 36.8 Å². The number of nitrogens with two attached hydrogens (primary N) is 1. The highest BCUT2D eigenvalue weighted by Gasteiger charge is 2.38. The summed E-state index contributed by atoms with van der Waals surface area (Å²) in [7, 11) is 0. The van der Waals surface area contributed by atoms with Gasteiger partial charge in [-0.2, -0.15) is 0 Å². The maximum atomic E-state index is 6.13. The van der Waals surface area contributed by atoms with Crippen molar-refractivity contribution >= 4 is 0 Å². The van der Waals surface area contributed by atoms with Gasteiger partial charge in [-0.3, -0.25) is 0 Å². The summed E-state index contributed by atoms with van der Waals surface area (Å²) in [5, 5.41) is 0. The molecule has 2 N–H and O–H groups in total. The first-order valence-corrected chi connectivity index (χ1v) is 6.53. The molecule has 0 aromatic heterocycles. The van der Waals surface area contributed by atoms with E-state index in [0.29, 0.717) is 5.92 Å². The van der Waals surface area contributed by atoms with Gasteiger partial charge >= 0.3 is 0 Å². The fourth-order valence-electron chi connectivity index (χ4n) is 3.27. The van der Waals surface area contributed by atoms with Crippen molar-refractivity contribution in [1.82, 2.24) is 0 Å². The Balaban J connectivity index is 2.49. The molecule has 1 aliphatic rings. The molecular formula is C15H23N. The van der Waals surface area contributed by atoms with E-state index < -0.39 is 0 Å². The van der Waals surface area contributed by atoms with Gasteiger partial charge in [-0.1, -0.05) is 44.5 Å². The zero-order valence-electron chi connectivity index (χ0n) is 10.5. The molecule has 0 saturated heterocycles. The molecule has 2 atom stereocenters. The minimum atomic E-state index is 0.240. The SMILES string of the molecule is CCC(C)C1(CN)CCCc2ccccc21. The van der Waals surface area contributed by atoms with E-state index >= 15 is 0 Å². The molecule has 2 rings (SSSR count). The Hall–Kier alpha value is -0.820. The molecule has 2 unspecified atom stereocenters. The van der Waals surface area contributed by atoms with Crippen molar-refractivity contribution in [3.63, 3.8) is 0 Å². The summed E-state index contributed by atoms with van der Waals surface area (Å²) >= 11 is 0. The quantitative estimate of drug-likeness (QED) is 0.826. The first-order chi connectivity index (χ1) is 7.74. The minimum absolute atomic E-state index is 0.240. The van der Waals surface area contributed by atoms with Crippen molar-refractivity contribution in [3.8, 4) is 0 Å². The first-order valence-electron chi connectivity index (χ1n) is 6.53. The Kier molecular flexibility index (Phi) is 3.34. The Morgan fingerprint density at radius 1 is 1.38 bits per heavy atom. The van der Waals surface area contributed by atoms with Crippen LogP contribution in [0.15, 0.2) is 24.3 Å². The highest BCUT2D eigenvalue weighted by atomic mass is 14.6. The third-order valence-corrected chi connectivity index (χ3v) is 4.54. The summed E-state index contributed by atoms with van der Waals surface area (Å²) in [6, 6.07) is 8.90. The summed E-state index contributed by atoms with van der Waals surface area (Å²) in [5.74, 6) is 0.680. The average molecular weight is 217 g/mol. The van der Waals surface area contributed by atoms with E-state index in [1.54, 1.807) is 0 Å². The number of hydrogen-bond acceptors (Lipinski definition) is 1.